The number of ether oxygens (including phenoxy) is 2. The van der Waals surface area contributed by atoms with Gasteiger partial charge in [-0.2, -0.15) is 0 Å². The highest BCUT2D eigenvalue weighted by atomic mass is 19.1. The van der Waals surface area contributed by atoms with Crippen LogP contribution in [0.4, 0.5) is 4.39 Å². The Balaban J connectivity index is 1.17. The van der Waals surface area contributed by atoms with Crippen molar-refractivity contribution in [1.82, 2.24) is 4.90 Å². The molecule has 3 aromatic rings. The Bertz CT molecular complexity index is 1180. The van der Waals surface area contributed by atoms with E-state index in [0.717, 1.165) is 11.1 Å². The van der Waals surface area contributed by atoms with E-state index in [1.54, 1.807) is 18.2 Å². The van der Waals surface area contributed by atoms with Gasteiger partial charge in [-0.25, -0.2) is 9.18 Å². The van der Waals surface area contributed by atoms with Crippen molar-refractivity contribution in [2.75, 3.05) is 13.1 Å². The van der Waals surface area contributed by atoms with Crippen LogP contribution in [-0.4, -0.2) is 29.9 Å². The van der Waals surface area contributed by atoms with E-state index >= 15 is 0 Å². The van der Waals surface area contributed by atoms with Gasteiger partial charge in [-0.05, 0) is 54.4 Å². The van der Waals surface area contributed by atoms with E-state index in [1.165, 1.54) is 12.1 Å². The van der Waals surface area contributed by atoms with Gasteiger partial charge in [0.1, 0.15) is 22.9 Å². The Morgan fingerprint density at radius 2 is 1.73 bits per heavy atom. The van der Waals surface area contributed by atoms with Crippen molar-refractivity contribution in [2.45, 2.75) is 31.3 Å². The van der Waals surface area contributed by atoms with Gasteiger partial charge in [-0.1, -0.05) is 30.3 Å². The molecule has 2 aliphatic rings. The lowest BCUT2D eigenvalue weighted by molar-refractivity contribution is -0.135. The molecule has 0 radical (unpaired) electrons. The summed E-state index contributed by atoms with van der Waals surface area (Å²) >= 11 is 0. The Morgan fingerprint density at radius 3 is 2.52 bits per heavy atom. The number of halogens is 1. The van der Waals surface area contributed by atoms with Crippen LogP contribution in [0.2, 0.25) is 0 Å². The molecule has 1 amide bonds. The molecule has 0 atom stereocenters. The van der Waals surface area contributed by atoms with Crippen LogP contribution >= 0.6 is 0 Å². The lowest BCUT2D eigenvalue weighted by Crippen LogP contribution is -2.45. The van der Waals surface area contributed by atoms with E-state index in [1.807, 2.05) is 47.4 Å². The molecule has 0 unspecified atom stereocenters. The van der Waals surface area contributed by atoms with Gasteiger partial charge < -0.3 is 14.4 Å². The SMILES string of the molecule is O=C1OC2(CCN(C(=O)CCc3cccc(Oc4ccc(F)cc4)c3)CC2)c2ccccc21. The predicted molar refractivity (Wildman–Crippen MR) is 121 cm³/mol. The van der Waals surface area contributed by atoms with Crippen LogP contribution in [0.1, 0.15) is 40.7 Å². The molecule has 0 bridgehead atoms. The zero-order valence-electron chi connectivity index (χ0n) is 18.1. The first kappa shape index (κ1) is 21.2. The molecule has 5 nitrogen and oxygen atoms in total. The van der Waals surface area contributed by atoms with Crippen LogP contribution in [0.15, 0.2) is 72.8 Å². The van der Waals surface area contributed by atoms with Gasteiger partial charge in [-0.15, -0.1) is 0 Å². The first-order valence-electron chi connectivity index (χ1n) is 11.2. The van der Waals surface area contributed by atoms with Crippen LogP contribution in [0, 0.1) is 5.82 Å². The van der Waals surface area contributed by atoms with Crippen LogP contribution < -0.4 is 4.74 Å². The van der Waals surface area contributed by atoms with E-state index in [2.05, 4.69) is 0 Å². The number of carbonyl (C=O) groups is 2. The number of nitrogens with zero attached hydrogens (tertiary/aromatic N) is 1. The summed E-state index contributed by atoms with van der Waals surface area (Å²) in [7, 11) is 0. The second-order valence-electron chi connectivity index (χ2n) is 8.51. The fraction of sp³-hybridized carbons (Fsp3) is 0.259. The third-order valence-corrected chi connectivity index (χ3v) is 6.43. The third kappa shape index (κ3) is 4.33. The maximum atomic E-state index is 13.1. The van der Waals surface area contributed by atoms with Crippen molar-refractivity contribution < 1.29 is 23.5 Å². The molecule has 0 aromatic heterocycles. The lowest BCUT2D eigenvalue weighted by Gasteiger charge is -2.38. The molecule has 3 aromatic carbocycles. The first-order chi connectivity index (χ1) is 16.0. The molecule has 33 heavy (non-hydrogen) atoms. The highest BCUT2D eigenvalue weighted by Crippen LogP contribution is 2.44. The summed E-state index contributed by atoms with van der Waals surface area (Å²) in [6.07, 6.45) is 2.22. The number of aryl methyl sites for hydroxylation is 1. The number of benzene rings is 3. The summed E-state index contributed by atoms with van der Waals surface area (Å²) in [5.41, 5.74) is 1.98. The highest BCUT2D eigenvalue weighted by Gasteiger charge is 2.47. The monoisotopic (exact) mass is 445 g/mol. The minimum atomic E-state index is -0.601. The summed E-state index contributed by atoms with van der Waals surface area (Å²) in [6.45, 7) is 1.13. The number of amides is 1. The predicted octanol–water partition coefficient (Wildman–Crippen LogP) is 5.24. The van der Waals surface area contributed by atoms with Crippen molar-refractivity contribution in [3.05, 3.63) is 95.3 Å². The standard InChI is InChI=1S/C27H24FNO4/c28-20-9-11-21(12-10-20)32-22-5-3-4-19(18-22)8-13-25(30)29-16-14-27(15-17-29)24-7-2-1-6-23(24)26(31)33-27/h1-7,9-12,18H,8,13-17H2. The van der Waals surface area contributed by atoms with Gasteiger partial charge in [0.25, 0.3) is 0 Å². The molecule has 168 valence electrons. The average molecular weight is 445 g/mol. The second-order valence-corrected chi connectivity index (χ2v) is 8.51. The van der Waals surface area contributed by atoms with Crippen molar-refractivity contribution in [3.8, 4) is 11.5 Å². The van der Waals surface area contributed by atoms with Crippen LogP contribution in [-0.2, 0) is 21.6 Å². The lowest BCUT2D eigenvalue weighted by atomic mass is 9.83. The van der Waals surface area contributed by atoms with Crippen LogP contribution in [0.3, 0.4) is 0 Å². The Hall–Kier alpha value is -3.67. The van der Waals surface area contributed by atoms with E-state index in [0.29, 0.717) is 55.8 Å². The molecular formula is C27H24FNO4. The zero-order chi connectivity index (χ0) is 22.8. The van der Waals surface area contributed by atoms with E-state index in [-0.39, 0.29) is 17.7 Å². The Morgan fingerprint density at radius 1 is 0.970 bits per heavy atom. The maximum absolute atomic E-state index is 13.1. The number of carbonyl (C=O) groups excluding carboxylic acids is 2. The van der Waals surface area contributed by atoms with Gasteiger partial charge in [-0.3, -0.25) is 4.79 Å². The molecular weight excluding hydrogens is 421 g/mol. The molecule has 1 fully saturated rings. The number of rotatable bonds is 5. The van der Waals surface area contributed by atoms with Gasteiger partial charge >= 0.3 is 5.97 Å². The second kappa shape index (κ2) is 8.70. The van der Waals surface area contributed by atoms with Crippen LogP contribution in [0.5, 0.6) is 11.5 Å². The fourth-order valence-corrected chi connectivity index (χ4v) is 4.65. The number of piperidine rings is 1. The summed E-state index contributed by atoms with van der Waals surface area (Å²) in [4.78, 5) is 26.9. The van der Waals surface area contributed by atoms with Gasteiger partial charge in [0.05, 0.1) is 5.56 Å². The molecule has 2 aliphatic heterocycles. The minimum absolute atomic E-state index is 0.0901. The van der Waals surface area contributed by atoms with Crippen molar-refractivity contribution in [2.24, 2.45) is 0 Å². The van der Waals surface area contributed by atoms with Crippen LogP contribution in [0.25, 0.3) is 0 Å². The molecule has 2 heterocycles. The van der Waals surface area contributed by atoms with Crippen molar-refractivity contribution in [3.63, 3.8) is 0 Å². The van der Waals surface area contributed by atoms with Gasteiger partial charge in [0.2, 0.25) is 5.91 Å². The highest BCUT2D eigenvalue weighted by molar-refractivity contribution is 5.94. The number of hydrogen-bond donors (Lipinski definition) is 0. The fourth-order valence-electron chi connectivity index (χ4n) is 4.65. The topological polar surface area (TPSA) is 55.8 Å². The molecule has 1 saturated heterocycles. The Labute approximate surface area is 191 Å². The number of likely N-dealkylation sites (tertiary alicyclic amines) is 1. The largest absolute Gasteiger partial charge is 0.457 e. The maximum Gasteiger partial charge on any atom is 0.339 e. The third-order valence-electron chi connectivity index (χ3n) is 6.43. The number of esters is 1. The van der Waals surface area contributed by atoms with Crippen molar-refractivity contribution in [1.29, 1.82) is 0 Å². The summed E-state index contributed by atoms with van der Waals surface area (Å²) in [5.74, 6) is 0.711. The molecule has 0 aliphatic carbocycles. The van der Waals surface area contributed by atoms with Crippen molar-refractivity contribution >= 4 is 11.9 Å². The van der Waals surface area contributed by atoms with Gasteiger partial charge in [0, 0.05) is 37.9 Å². The average Bonchev–Trinajstić information content (AvgIpc) is 3.11. The number of fused-ring (bicyclic) bond motifs is 2. The van der Waals surface area contributed by atoms with Gasteiger partial charge in [0.15, 0.2) is 0 Å². The summed E-state index contributed by atoms with van der Waals surface area (Å²) < 4.78 is 24.6. The molecule has 0 N–H and O–H groups in total. The van der Waals surface area contributed by atoms with E-state index in [9.17, 15) is 14.0 Å². The summed E-state index contributed by atoms with van der Waals surface area (Å²) in [6, 6.07) is 21.0. The summed E-state index contributed by atoms with van der Waals surface area (Å²) in [5, 5.41) is 0. The Kier molecular flexibility index (Phi) is 5.58. The zero-order valence-corrected chi connectivity index (χ0v) is 18.1. The van der Waals surface area contributed by atoms with E-state index in [4.69, 9.17) is 9.47 Å². The first-order valence-corrected chi connectivity index (χ1v) is 11.2. The van der Waals surface area contributed by atoms with E-state index < -0.39 is 5.60 Å². The molecule has 1 spiro atoms. The smallest absolute Gasteiger partial charge is 0.339 e. The quantitative estimate of drug-likeness (QED) is 0.504. The molecule has 6 heteroatoms. The normalized spacial score (nSPS) is 16.4. The molecule has 0 saturated carbocycles. The number of hydrogen-bond acceptors (Lipinski definition) is 4. The molecule has 5 rings (SSSR count). The minimum Gasteiger partial charge on any atom is -0.457 e.